The maximum absolute atomic E-state index is 9.37. The molecule has 0 aliphatic heterocycles. The third kappa shape index (κ3) is 2.11. The average molecular weight is 206 g/mol. The molecule has 0 fully saturated rings. The highest BCUT2D eigenvalue weighted by atomic mass is 35.5. The standard InChI is InChI=1S/C8H9Cl2NO/c9-5-1-2-7(10)6(3-5)8(12)4-11/h1-3,8,12H,4,11H2/t8-/m0/s1. The fourth-order valence-electron chi connectivity index (χ4n) is 0.897. The number of hydrogen-bond acceptors (Lipinski definition) is 2. The Labute approximate surface area is 80.9 Å². The first-order valence-corrected chi connectivity index (χ1v) is 4.24. The number of aliphatic hydroxyl groups is 1. The van der Waals surface area contributed by atoms with E-state index in [1.165, 1.54) is 0 Å². The first-order valence-electron chi connectivity index (χ1n) is 3.48. The van der Waals surface area contributed by atoms with Gasteiger partial charge in [-0.05, 0) is 18.2 Å². The quantitative estimate of drug-likeness (QED) is 0.777. The van der Waals surface area contributed by atoms with Crippen molar-refractivity contribution in [3.63, 3.8) is 0 Å². The van der Waals surface area contributed by atoms with Gasteiger partial charge in [0.2, 0.25) is 0 Å². The van der Waals surface area contributed by atoms with Gasteiger partial charge in [0.1, 0.15) is 0 Å². The van der Waals surface area contributed by atoms with Crippen LogP contribution in [0.3, 0.4) is 0 Å². The van der Waals surface area contributed by atoms with Gasteiger partial charge >= 0.3 is 0 Å². The van der Waals surface area contributed by atoms with Crippen LogP contribution in [-0.2, 0) is 0 Å². The number of rotatable bonds is 2. The van der Waals surface area contributed by atoms with Crippen molar-refractivity contribution in [3.05, 3.63) is 33.8 Å². The summed E-state index contributed by atoms with van der Waals surface area (Å²) in [4.78, 5) is 0. The number of hydrogen-bond donors (Lipinski definition) is 2. The Morgan fingerprint density at radius 1 is 1.42 bits per heavy atom. The van der Waals surface area contributed by atoms with Crippen LogP contribution in [0.15, 0.2) is 18.2 Å². The monoisotopic (exact) mass is 205 g/mol. The van der Waals surface area contributed by atoms with Crippen LogP contribution in [0.4, 0.5) is 0 Å². The highest BCUT2D eigenvalue weighted by molar-refractivity contribution is 6.33. The largest absolute Gasteiger partial charge is 0.387 e. The molecule has 0 unspecified atom stereocenters. The molecule has 1 aromatic rings. The van der Waals surface area contributed by atoms with Crippen LogP contribution in [0, 0.1) is 0 Å². The Kier molecular flexibility index (Phi) is 3.35. The van der Waals surface area contributed by atoms with Crippen LogP contribution < -0.4 is 5.73 Å². The topological polar surface area (TPSA) is 46.2 Å². The molecule has 4 heteroatoms. The van der Waals surface area contributed by atoms with Crippen molar-refractivity contribution in [1.82, 2.24) is 0 Å². The van der Waals surface area contributed by atoms with Crippen LogP contribution in [-0.4, -0.2) is 11.7 Å². The second kappa shape index (κ2) is 4.10. The van der Waals surface area contributed by atoms with E-state index in [4.69, 9.17) is 28.9 Å². The van der Waals surface area contributed by atoms with Crippen molar-refractivity contribution in [2.75, 3.05) is 6.54 Å². The fraction of sp³-hybridized carbons (Fsp3) is 0.250. The van der Waals surface area contributed by atoms with Crippen LogP contribution in [0.1, 0.15) is 11.7 Å². The van der Waals surface area contributed by atoms with Crippen LogP contribution >= 0.6 is 23.2 Å². The van der Waals surface area contributed by atoms with E-state index >= 15 is 0 Å². The second-order valence-corrected chi connectivity index (χ2v) is 3.26. The molecule has 0 amide bonds. The molecule has 1 atom stereocenters. The second-order valence-electron chi connectivity index (χ2n) is 2.42. The minimum absolute atomic E-state index is 0.139. The van der Waals surface area contributed by atoms with Crippen LogP contribution in [0.25, 0.3) is 0 Å². The lowest BCUT2D eigenvalue weighted by Gasteiger charge is -2.09. The number of aliphatic hydroxyl groups excluding tert-OH is 1. The predicted molar refractivity (Wildman–Crippen MR) is 50.5 cm³/mol. The molecule has 12 heavy (non-hydrogen) atoms. The summed E-state index contributed by atoms with van der Waals surface area (Å²) in [5.41, 5.74) is 5.85. The van der Waals surface area contributed by atoms with Crippen molar-refractivity contribution in [2.45, 2.75) is 6.10 Å². The van der Waals surface area contributed by atoms with Gasteiger partial charge in [-0.1, -0.05) is 23.2 Å². The van der Waals surface area contributed by atoms with Crippen molar-refractivity contribution in [1.29, 1.82) is 0 Å². The Morgan fingerprint density at radius 3 is 2.67 bits per heavy atom. The minimum atomic E-state index is -0.740. The van der Waals surface area contributed by atoms with Crippen molar-refractivity contribution in [2.24, 2.45) is 5.73 Å². The molecule has 0 aromatic heterocycles. The molecule has 0 spiro atoms. The van der Waals surface area contributed by atoms with E-state index < -0.39 is 6.10 Å². The fourth-order valence-corrected chi connectivity index (χ4v) is 1.32. The van der Waals surface area contributed by atoms with Gasteiger partial charge in [0.05, 0.1) is 6.10 Å². The first-order chi connectivity index (χ1) is 5.65. The molecule has 2 nitrogen and oxygen atoms in total. The lowest BCUT2D eigenvalue weighted by Crippen LogP contribution is -2.11. The van der Waals surface area contributed by atoms with Gasteiger partial charge in [-0.15, -0.1) is 0 Å². The predicted octanol–water partition coefficient (Wildman–Crippen LogP) is 1.99. The minimum Gasteiger partial charge on any atom is -0.387 e. The summed E-state index contributed by atoms with van der Waals surface area (Å²) in [6, 6.07) is 4.91. The molecule has 0 saturated heterocycles. The van der Waals surface area contributed by atoms with E-state index in [0.29, 0.717) is 15.6 Å². The summed E-state index contributed by atoms with van der Waals surface area (Å²) >= 11 is 11.5. The number of halogens is 2. The third-order valence-electron chi connectivity index (χ3n) is 1.54. The molecule has 1 aromatic carbocycles. The molecule has 0 aliphatic rings. The molecule has 1 rings (SSSR count). The highest BCUT2D eigenvalue weighted by Crippen LogP contribution is 2.25. The van der Waals surface area contributed by atoms with Gasteiger partial charge in [0.15, 0.2) is 0 Å². The van der Waals surface area contributed by atoms with E-state index in [1.807, 2.05) is 0 Å². The average Bonchev–Trinajstić information content (AvgIpc) is 2.08. The first kappa shape index (κ1) is 9.81. The molecule has 0 aliphatic carbocycles. The Morgan fingerprint density at radius 2 is 2.08 bits per heavy atom. The maximum atomic E-state index is 9.37. The normalized spacial score (nSPS) is 13.0. The summed E-state index contributed by atoms with van der Waals surface area (Å²) in [6.07, 6.45) is -0.740. The van der Waals surface area contributed by atoms with E-state index in [-0.39, 0.29) is 6.54 Å². The van der Waals surface area contributed by atoms with Gasteiger partial charge in [-0.2, -0.15) is 0 Å². The smallest absolute Gasteiger partial charge is 0.0927 e. The lowest BCUT2D eigenvalue weighted by molar-refractivity contribution is 0.187. The Balaban J connectivity index is 3.04. The molecular weight excluding hydrogens is 197 g/mol. The van der Waals surface area contributed by atoms with Gasteiger partial charge in [0, 0.05) is 22.2 Å². The van der Waals surface area contributed by atoms with Gasteiger partial charge in [0.25, 0.3) is 0 Å². The van der Waals surface area contributed by atoms with Crippen molar-refractivity contribution in [3.8, 4) is 0 Å². The lowest BCUT2D eigenvalue weighted by atomic mass is 10.1. The third-order valence-corrected chi connectivity index (χ3v) is 2.12. The molecule has 0 radical (unpaired) electrons. The Bertz CT molecular complexity index is 278. The highest BCUT2D eigenvalue weighted by Gasteiger charge is 2.09. The number of benzene rings is 1. The zero-order valence-corrected chi connectivity index (χ0v) is 7.81. The maximum Gasteiger partial charge on any atom is 0.0927 e. The van der Waals surface area contributed by atoms with Crippen molar-refractivity contribution < 1.29 is 5.11 Å². The number of nitrogens with two attached hydrogens (primary N) is 1. The molecule has 0 saturated carbocycles. The summed E-state index contributed by atoms with van der Waals surface area (Å²) in [5, 5.41) is 10.4. The van der Waals surface area contributed by atoms with Crippen LogP contribution in [0.2, 0.25) is 10.0 Å². The zero-order valence-electron chi connectivity index (χ0n) is 6.30. The molecule has 0 bridgehead atoms. The summed E-state index contributed by atoms with van der Waals surface area (Å²) < 4.78 is 0. The van der Waals surface area contributed by atoms with Crippen molar-refractivity contribution >= 4 is 23.2 Å². The zero-order chi connectivity index (χ0) is 9.14. The molecular formula is C8H9Cl2NO. The van der Waals surface area contributed by atoms with Gasteiger partial charge in [-0.3, -0.25) is 0 Å². The molecule has 0 heterocycles. The van der Waals surface area contributed by atoms with Crippen LogP contribution in [0.5, 0.6) is 0 Å². The van der Waals surface area contributed by atoms with E-state index in [2.05, 4.69) is 0 Å². The Hall–Kier alpha value is -0.280. The van der Waals surface area contributed by atoms with Gasteiger partial charge < -0.3 is 10.8 Å². The molecule has 3 N–H and O–H groups in total. The summed E-state index contributed by atoms with van der Waals surface area (Å²) in [6.45, 7) is 0.139. The summed E-state index contributed by atoms with van der Waals surface area (Å²) in [5.74, 6) is 0. The van der Waals surface area contributed by atoms with E-state index in [9.17, 15) is 5.11 Å². The van der Waals surface area contributed by atoms with Gasteiger partial charge in [-0.25, -0.2) is 0 Å². The SMILES string of the molecule is NC[C@H](O)c1cc(Cl)ccc1Cl. The summed E-state index contributed by atoms with van der Waals surface area (Å²) in [7, 11) is 0. The molecule has 66 valence electrons. The van der Waals surface area contributed by atoms with E-state index in [0.717, 1.165) is 0 Å². The van der Waals surface area contributed by atoms with E-state index in [1.54, 1.807) is 18.2 Å².